The van der Waals surface area contributed by atoms with E-state index in [4.69, 9.17) is 15.2 Å². The van der Waals surface area contributed by atoms with Crippen molar-refractivity contribution in [1.82, 2.24) is 15.1 Å². The van der Waals surface area contributed by atoms with E-state index in [1.807, 2.05) is 36.5 Å². The molecule has 1 aliphatic rings. The topological polar surface area (TPSA) is 93.5 Å². The number of hydrogen-bond acceptors (Lipinski definition) is 5. The lowest BCUT2D eigenvalue weighted by Gasteiger charge is -2.24. The summed E-state index contributed by atoms with van der Waals surface area (Å²) >= 11 is 0. The number of hydrogen-bond donors (Lipinski definition) is 2. The van der Waals surface area contributed by atoms with Crippen LogP contribution in [0.3, 0.4) is 0 Å². The van der Waals surface area contributed by atoms with Gasteiger partial charge in [-0.05, 0) is 49.2 Å². The van der Waals surface area contributed by atoms with Crippen molar-refractivity contribution in [2.45, 2.75) is 25.4 Å². The highest BCUT2D eigenvalue weighted by molar-refractivity contribution is 5.95. The van der Waals surface area contributed by atoms with Crippen molar-refractivity contribution in [3.63, 3.8) is 0 Å². The monoisotopic (exact) mass is 392 g/mol. The summed E-state index contributed by atoms with van der Waals surface area (Å²) < 4.78 is 11.3. The van der Waals surface area contributed by atoms with Crippen LogP contribution in [0.25, 0.3) is 0 Å². The molecule has 3 aromatic rings. The number of rotatable bonds is 7. The number of nitrogens with two attached hydrogens (primary N) is 1. The first-order valence-corrected chi connectivity index (χ1v) is 9.62. The Kier molecular flexibility index (Phi) is 5.48. The summed E-state index contributed by atoms with van der Waals surface area (Å²) in [4.78, 5) is 14.0. The average molecular weight is 392 g/mol. The van der Waals surface area contributed by atoms with Crippen LogP contribution in [0.15, 0.2) is 54.7 Å². The van der Waals surface area contributed by atoms with E-state index in [0.717, 1.165) is 37.4 Å². The number of carbonyl (C=O) groups excluding carboxylic acids is 1. The molecule has 1 amide bonds. The third-order valence-corrected chi connectivity index (χ3v) is 5.25. The quantitative estimate of drug-likeness (QED) is 0.640. The molecule has 1 unspecified atom stereocenters. The molecule has 1 saturated heterocycles. The summed E-state index contributed by atoms with van der Waals surface area (Å²) in [6.45, 7) is 1.86. The van der Waals surface area contributed by atoms with Gasteiger partial charge in [0.25, 0.3) is 5.91 Å². The minimum atomic E-state index is -0.507. The van der Waals surface area contributed by atoms with Crippen LogP contribution in [0.4, 0.5) is 0 Å². The Balaban J connectivity index is 1.45. The van der Waals surface area contributed by atoms with E-state index in [1.165, 1.54) is 5.56 Å². The first-order valence-electron chi connectivity index (χ1n) is 9.62. The van der Waals surface area contributed by atoms with Crippen molar-refractivity contribution in [2.24, 2.45) is 5.73 Å². The number of nitrogens with one attached hydrogen (secondary N) is 1. The maximum Gasteiger partial charge on any atom is 0.252 e. The summed E-state index contributed by atoms with van der Waals surface area (Å²) in [6, 6.07) is 15.2. The zero-order valence-electron chi connectivity index (χ0n) is 16.3. The number of aromatic amines is 1. The van der Waals surface area contributed by atoms with Crippen molar-refractivity contribution < 1.29 is 14.3 Å². The number of para-hydroxylation sites is 1. The Bertz CT molecular complexity index is 984. The minimum Gasteiger partial charge on any atom is -0.481 e. The standard InChI is InChI=1S/C22H24N4O3/c1-28-22-18(13-24-25-22)19-6-4-12-26(19)14-15-8-10-16(11-9-15)29-20-7-3-2-5-17(20)21(23)27/h2-3,5,7-11,13,19H,4,6,12,14H2,1H3,(H2,23,27)(H,24,25). The fourth-order valence-electron chi connectivity index (χ4n) is 3.84. The molecule has 7 nitrogen and oxygen atoms in total. The van der Waals surface area contributed by atoms with Gasteiger partial charge in [0.05, 0.1) is 24.4 Å². The Labute approximate surface area is 169 Å². The van der Waals surface area contributed by atoms with Gasteiger partial charge in [-0.3, -0.25) is 9.69 Å². The summed E-state index contributed by atoms with van der Waals surface area (Å²) in [6.07, 6.45) is 4.08. The molecule has 1 aromatic heterocycles. The average Bonchev–Trinajstić information content (AvgIpc) is 3.38. The smallest absolute Gasteiger partial charge is 0.252 e. The molecule has 2 aromatic carbocycles. The number of aromatic nitrogens is 2. The number of nitrogens with zero attached hydrogens (tertiary/aromatic N) is 2. The molecule has 0 saturated carbocycles. The molecule has 29 heavy (non-hydrogen) atoms. The zero-order chi connectivity index (χ0) is 20.2. The van der Waals surface area contributed by atoms with Crippen LogP contribution in [-0.4, -0.2) is 34.7 Å². The number of likely N-dealkylation sites (tertiary alicyclic amines) is 1. The van der Waals surface area contributed by atoms with Crippen LogP contribution in [-0.2, 0) is 6.54 Å². The van der Waals surface area contributed by atoms with Crippen molar-refractivity contribution >= 4 is 5.91 Å². The van der Waals surface area contributed by atoms with Gasteiger partial charge < -0.3 is 15.2 Å². The Morgan fingerprint density at radius 3 is 2.79 bits per heavy atom. The van der Waals surface area contributed by atoms with Crippen LogP contribution < -0.4 is 15.2 Å². The molecule has 0 spiro atoms. The van der Waals surface area contributed by atoms with Gasteiger partial charge in [0, 0.05) is 12.6 Å². The maximum atomic E-state index is 11.6. The van der Waals surface area contributed by atoms with E-state index in [-0.39, 0.29) is 0 Å². The fourth-order valence-corrected chi connectivity index (χ4v) is 3.84. The molecule has 1 atom stereocenters. The Hall–Kier alpha value is -3.32. The highest BCUT2D eigenvalue weighted by Crippen LogP contribution is 2.37. The number of carbonyl (C=O) groups is 1. The third-order valence-electron chi connectivity index (χ3n) is 5.25. The number of H-pyrrole nitrogens is 1. The maximum absolute atomic E-state index is 11.6. The minimum absolute atomic E-state index is 0.294. The van der Waals surface area contributed by atoms with E-state index in [0.29, 0.717) is 23.1 Å². The molecule has 3 N–H and O–H groups in total. The van der Waals surface area contributed by atoms with Gasteiger partial charge in [-0.25, -0.2) is 5.10 Å². The molecule has 4 rings (SSSR count). The number of primary amides is 1. The van der Waals surface area contributed by atoms with E-state index < -0.39 is 5.91 Å². The lowest BCUT2D eigenvalue weighted by Crippen LogP contribution is -2.22. The van der Waals surface area contributed by atoms with Gasteiger partial charge in [-0.1, -0.05) is 24.3 Å². The highest BCUT2D eigenvalue weighted by Gasteiger charge is 2.29. The van der Waals surface area contributed by atoms with Crippen LogP contribution >= 0.6 is 0 Å². The zero-order valence-corrected chi connectivity index (χ0v) is 16.3. The molecule has 0 aliphatic carbocycles. The number of benzene rings is 2. The molecule has 0 radical (unpaired) electrons. The van der Waals surface area contributed by atoms with Crippen LogP contribution in [0.1, 0.15) is 40.4 Å². The SMILES string of the molecule is COc1[nH]ncc1C1CCCN1Cc1ccc(Oc2ccccc2C(N)=O)cc1. The summed E-state index contributed by atoms with van der Waals surface area (Å²) in [5, 5.41) is 7.04. The lowest BCUT2D eigenvalue weighted by atomic mass is 10.1. The highest BCUT2D eigenvalue weighted by atomic mass is 16.5. The Morgan fingerprint density at radius 2 is 2.03 bits per heavy atom. The molecule has 1 aliphatic heterocycles. The second kappa shape index (κ2) is 8.36. The van der Waals surface area contributed by atoms with Crippen molar-refractivity contribution in [2.75, 3.05) is 13.7 Å². The predicted octanol–water partition coefficient (Wildman–Crippen LogP) is 3.65. The van der Waals surface area contributed by atoms with Crippen LogP contribution in [0.2, 0.25) is 0 Å². The van der Waals surface area contributed by atoms with Gasteiger partial charge in [0.15, 0.2) is 0 Å². The molecule has 2 heterocycles. The van der Waals surface area contributed by atoms with Crippen molar-refractivity contribution in [3.05, 3.63) is 71.4 Å². The van der Waals surface area contributed by atoms with Gasteiger partial charge in [-0.15, -0.1) is 0 Å². The molecule has 0 bridgehead atoms. The number of ether oxygens (including phenoxy) is 2. The second-order valence-electron chi connectivity index (χ2n) is 7.09. The van der Waals surface area contributed by atoms with Crippen LogP contribution in [0, 0.1) is 0 Å². The predicted molar refractivity (Wildman–Crippen MR) is 109 cm³/mol. The van der Waals surface area contributed by atoms with Crippen LogP contribution in [0.5, 0.6) is 17.4 Å². The van der Waals surface area contributed by atoms with Gasteiger partial charge in [-0.2, -0.15) is 5.10 Å². The lowest BCUT2D eigenvalue weighted by molar-refractivity contribution is 0.0998. The van der Waals surface area contributed by atoms with E-state index >= 15 is 0 Å². The normalized spacial score (nSPS) is 16.7. The van der Waals surface area contributed by atoms with Gasteiger partial charge in [0.1, 0.15) is 11.5 Å². The van der Waals surface area contributed by atoms with Gasteiger partial charge >= 0.3 is 0 Å². The second-order valence-corrected chi connectivity index (χ2v) is 7.09. The first-order chi connectivity index (χ1) is 14.2. The largest absolute Gasteiger partial charge is 0.481 e. The summed E-state index contributed by atoms with van der Waals surface area (Å²) in [5.74, 6) is 1.35. The first kappa shape index (κ1) is 19.0. The molecular formula is C22H24N4O3. The molecule has 150 valence electrons. The Morgan fingerprint density at radius 1 is 1.24 bits per heavy atom. The third kappa shape index (κ3) is 4.09. The van der Waals surface area contributed by atoms with E-state index in [1.54, 1.807) is 25.3 Å². The summed E-state index contributed by atoms with van der Waals surface area (Å²) in [7, 11) is 1.66. The number of amides is 1. The van der Waals surface area contributed by atoms with Gasteiger partial charge in [0.2, 0.25) is 5.88 Å². The molecular weight excluding hydrogens is 368 g/mol. The van der Waals surface area contributed by atoms with E-state index in [9.17, 15) is 4.79 Å². The molecule has 7 heteroatoms. The number of methoxy groups -OCH3 is 1. The van der Waals surface area contributed by atoms with Crippen molar-refractivity contribution in [1.29, 1.82) is 0 Å². The van der Waals surface area contributed by atoms with E-state index in [2.05, 4.69) is 15.1 Å². The summed E-state index contributed by atoms with van der Waals surface area (Å²) in [5.41, 5.74) is 8.08. The fraction of sp³-hybridized carbons (Fsp3) is 0.273. The van der Waals surface area contributed by atoms with Crippen molar-refractivity contribution in [3.8, 4) is 17.4 Å². The molecule has 1 fully saturated rings.